The lowest BCUT2D eigenvalue weighted by atomic mass is 10.4. The molecular weight excluding hydrogens is 202 g/mol. The standard InChI is InChI=1S/C4H7Cl3O3/c5-4(6,7)10-2-3(9)1-8/h3,8-9H,1-2H2. The molecule has 62 valence electrons. The van der Waals surface area contributed by atoms with Crippen molar-refractivity contribution in [2.24, 2.45) is 0 Å². The van der Waals surface area contributed by atoms with Gasteiger partial charge in [0.15, 0.2) is 0 Å². The minimum atomic E-state index is -1.82. The number of hydrogen-bond acceptors (Lipinski definition) is 3. The average molecular weight is 209 g/mol. The zero-order valence-electron chi connectivity index (χ0n) is 4.93. The largest absolute Gasteiger partial charge is 0.394 e. The van der Waals surface area contributed by atoms with Crippen LogP contribution in [-0.4, -0.2) is 33.5 Å². The van der Waals surface area contributed by atoms with Crippen LogP contribution in [0.25, 0.3) is 0 Å². The smallest absolute Gasteiger partial charge is 0.297 e. The maximum absolute atomic E-state index is 8.67. The van der Waals surface area contributed by atoms with Gasteiger partial charge in [0.1, 0.15) is 6.10 Å². The number of aliphatic hydroxyl groups excluding tert-OH is 2. The predicted octanol–water partition coefficient (Wildman–Crippen LogP) is 0.684. The molecule has 0 amide bonds. The SMILES string of the molecule is OCC(O)COC(Cl)(Cl)Cl. The molecule has 0 aliphatic carbocycles. The van der Waals surface area contributed by atoms with E-state index in [2.05, 4.69) is 4.74 Å². The Bertz CT molecular complexity index is 92.2. The second-order valence-electron chi connectivity index (χ2n) is 1.59. The van der Waals surface area contributed by atoms with Gasteiger partial charge in [-0.25, -0.2) is 0 Å². The molecule has 1 unspecified atom stereocenters. The van der Waals surface area contributed by atoms with Crippen LogP contribution in [-0.2, 0) is 4.74 Å². The molecule has 2 N–H and O–H groups in total. The van der Waals surface area contributed by atoms with E-state index in [1.165, 1.54) is 0 Å². The lowest BCUT2D eigenvalue weighted by molar-refractivity contribution is 0.00333. The van der Waals surface area contributed by atoms with Gasteiger partial charge < -0.3 is 14.9 Å². The van der Waals surface area contributed by atoms with E-state index in [4.69, 9.17) is 45.0 Å². The minimum absolute atomic E-state index is 0.201. The first-order valence-corrected chi connectivity index (χ1v) is 3.58. The molecule has 0 spiro atoms. The molecule has 0 aromatic rings. The summed E-state index contributed by atoms with van der Waals surface area (Å²) in [7, 11) is 0. The van der Waals surface area contributed by atoms with Gasteiger partial charge in [0, 0.05) is 0 Å². The van der Waals surface area contributed by atoms with Crippen molar-refractivity contribution in [3.05, 3.63) is 0 Å². The van der Waals surface area contributed by atoms with E-state index in [9.17, 15) is 0 Å². The molecule has 0 rings (SSSR count). The number of aliphatic hydroxyl groups is 2. The number of hydrogen-bond donors (Lipinski definition) is 2. The van der Waals surface area contributed by atoms with Crippen molar-refractivity contribution in [2.45, 2.75) is 10.1 Å². The molecule has 0 aromatic heterocycles. The summed E-state index contributed by atoms with van der Waals surface area (Å²) in [5.74, 6) is 0. The second kappa shape index (κ2) is 4.59. The molecular formula is C4H7Cl3O3. The summed E-state index contributed by atoms with van der Waals surface area (Å²) >= 11 is 15.5. The van der Waals surface area contributed by atoms with Gasteiger partial charge in [0.05, 0.1) is 13.2 Å². The van der Waals surface area contributed by atoms with Gasteiger partial charge in [-0.1, -0.05) is 34.8 Å². The van der Waals surface area contributed by atoms with Crippen LogP contribution in [0.2, 0.25) is 0 Å². The summed E-state index contributed by atoms with van der Waals surface area (Å²) in [6.07, 6.45) is -1.00. The molecule has 0 aliphatic rings. The molecule has 0 fully saturated rings. The van der Waals surface area contributed by atoms with Crippen molar-refractivity contribution in [2.75, 3.05) is 13.2 Å². The number of ether oxygens (including phenoxy) is 1. The Kier molecular flexibility index (Phi) is 4.94. The van der Waals surface area contributed by atoms with Crippen LogP contribution < -0.4 is 0 Å². The van der Waals surface area contributed by atoms with Crippen LogP contribution in [0.4, 0.5) is 0 Å². The molecule has 0 heterocycles. The van der Waals surface area contributed by atoms with E-state index >= 15 is 0 Å². The van der Waals surface area contributed by atoms with Gasteiger partial charge in [-0.05, 0) is 0 Å². The highest BCUT2D eigenvalue weighted by Crippen LogP contribution is 2.27. The highest BCUT2D eigenvalue weighted by atomic mass is 35.6. The third-order valence-corrected chi connectivity index (χ3v) is 0.977. The molecule has 0 radical (unpaired) electrons. The lowest BCUT2D eigenvalue weighted by Gasteiger charge is -2.13. The molecule has 0 aromatic carbocycles. The maximum atomic E-state index is 8.67. The van der Waals surface area contributed by atoms with E-state index in [0.29, 0.717) is 0 Å². The Morgan fingerprint density at radius 3 is 2.20 bits per heavy atom. The van der Waals surface area contributed by atoms with Crippen molar-refractivity contribution in [1.29, 1.82) is 0 Å². The van der Waals surface area contributed by atoms with Crippen molar-refractivity contribution < 1.29 is 14.9 Å². The molecule has 0 saturated carbocycles. The second-order valence-corrected chi connectivity index (χ2v) is 3.77. The summed E-state index contributed by atoms with van der Waals surface area (Å²) in [4.78, 5) is 0. The van der Waals surface area contributed by atoms with Crippen LogP contribution in [0.5, 0.6) is 0 Å². The molecule has 3 nitrogen and oxygen atoms in total. The molecule has 0 aliphatic heterocycles. The van der Waals surface area contributed by atoms with Gasteiger partial charge in [0.25, 0.3) is 3.98 Å². The minimum Gasteiger partial charge on any atom is -0.394 e. The molecule has 10 heavy (non-hydrogen) atoms. The Labute approximate surface area is 73.4 Å². The van der Waals surface area contributed by atoms with E-state index in [0.717, 1.165) is 0 Å². The fraction of sp³-hybridized carbons (Fsp3) is 1.00. The predicted molar refractivity (Wildman–Crippen MR) is 39.3 cm³/mol. The number of alkyl halides is 3. The normalized spacial score (nSPS) is 15.3. The Balaban J connectivity index is 3.36. The zero-order chi connectivity index (χ0) is 8.20. The quantitative estimate of drug-likeness (QED) is 0.672. The van der Waals surface area contributed by atoms with Gasteiger partial charge in [-0.3, -0.25) is 0 Å². The van der Waals surface area contributed by atoms with Crippen LogP contribution in [0.3, 0.4) is 0 Å². The van der Waals surface area contributed by atoms with Gasteiger partial charge >= 0.3 is 0 Å². The topological polar surface area (TPSA) is 49.7 Å². The van der Waals surface area contributed by atoms with Crippen LogP contribution in [0.15, 0.2) is 0 Å². The van der Waals surface area contributed by atoms with Crippen molar-refractivity contribution >= 4 is 34.8 Å². The van der Waals surface area contributed by atoms with Crippen molar-refractivity contribution in [1.82, 2.24) is 0 Å². The molecule has 0 saturated heterocycles. The summed E-state index contributed by atoms with van der Waals surface area (Å²) in [6.45, 7) is -0.617. The first-order chi connectivity index (χ1) is 4.45. The monoisotopic (exact) mass is 208 g/mol. The number of halogens is 3. The summed E-state index contributed by atoms with van der Waals surface area (Å²) in [5.41, 5.74) is 0. The fourth-order valence-electron chi connectivity index (χ4n) is 0.243. The average Bonchev–Trinajstić information content (AvgIpc) is 1.81. The van der Waals surface area contributed by atoms with Gasteiger partial charge in [0.2, 0.25) is 0 Å². The fourth-order valence-corrected chi connectivity index (χ4v) is 0.432. The highest BCUT2D eigenvalue weighted by Gasteiger charge is 2.21. The Hall–Kier alpha value is 0.750. The number of rotatable bonds is 3. The maximum Gasteiger partial charge on any atom is 0.297 e. The van der Waals surface area contributed by atoms with E-state index in [1.807, 2.05) is 0 Å². The molecule has 0 bridgehead atoms. The third kappa shape index (κ3) is 6.86. The third-order valence-electron chi connectivity index (χ3n) is 0.650. The van der Waals surface area contributed by atoms with Crippen molar-refractivity contribution in [3.8, 4) is 0 Å². The van der Waals surface area contributed by atoms with Crippen LogP contribution >= 0.6 is 34.8 Å². The molecule has 6 heteroatoms. The lowest BCUT2D eigenvalue weighted by Crippen LogP contribution is -2.23. The highest BCUT2D eigenvalue weighted by molar-refractivity contribution is 6.66. The first kappa shape index (κ1) is 10.8. The van der Waals surface area contributed by atoms with E-state index in [1.54, 1.807) is 0 Å². The first-order valence-electron chi connectivity index (χ1n) is 2.45. The van der Waals surface area contributed by atoms with E-state index < -0.39 is 16.7 Å². The van der Waals surface area contributed by atoms with Gasteiger partial charge in [-0.15, -0.1) is 0 Å². The summed E-state index contributed by atoms with van der Waals surface area (Å²) in [6, 6.07) is 0. The zero-order valence-corrected chi connectivity index (χ0v) is 7.20. The Morgan fingerprint density at radius 1 is 1.40 bits per heavy atom. The van der Waals surface area contributed by atoms with Gasteiger partial charge in [-0.2, -0.15) is 0 Å². The molecule has 1 atom stereocenters. The summed E-state index contributed by atoms with van der Waals surface area (Å²) < 4.78 is 2.65. The van der Waals surface area contributed by atoms with E-state index in [-0.39, 0.29) is 6.61 Å². The van der Waals surface area contributed by atoms with Crippen LogP contribution in [0.1, 0.15) is 0 Å². The van der Waals surface area contributed by atoms with Crippen molar-refractivity contribution in [3.63, 3.8) is 0 Å². The summed E-state index contributed by atoms with van der Waals surface area (Å²) in [5, 5.41) is 16.9. The Morgan fingerprint density at radius 2 is 1.90 bits per heavy atom. The van der Waals surface area contributed by atoms with Crippen LogP contribution in [0, 0.1) is 0 Å².